The molecule has 0 saturated carbocycles. The van der Waals surface area contributed by atoms with Crippen LogP contribution in [0.3, 0.4) is 0 Å². The largest absolute Gasteiger partial charge is 0.384 e. The average molecular weight is 402 g/mol. The van der Waals surface area contributed by atoms with Crippen LogP contribution in [0.5, 0.6) is 0 Å². The normalized spacial score (nSPS) is 11.0. The summed E-state index contributed by atoms with van der Waals surface area (Å²) < 4.78 is 5.15. The average Bonchev–Trinajstić information content (AvgIpc) is 3.15. The van der Waals surface area contributed by atoms with Gasteiger partial charge in [0, 0.05) is 30.2 Å². The molecule has 8 nitrogen and oxygen atoms in total. The van der Waals surface area contributed by atoms with Crippen molar-refractivity contribution in [3.05, 3.63) is 76.2 Å². The molecule has 30 heavy (non-hydrogen) atoms. The summed E-state index contributed by atoms with van der Waals surface area (Å²) in [5.74, 6) is 0.410. The topological polar surface area (TPSA) is 120 Å². The summed E-state index contributed by atoms with van der Waals surface area (Å²) >= 11 is 0. The summed E-state index contributed by atoms with van der Waals surface area (Å²) in [7, 11) is 0. The molecule has 0 atom stereocenters. The summed E-state index contributed by atoms with van der Waals surface area (Å²) in [5.41, 5.74) is 11.4. The molecule has 0 aliphatic carbocycles. The number of nitrogen functional groups attached to an aromatic ring is 1. The smallest absolute Gasteiger partial charge is 0.315 e. The number of nitrogens with one attached hydrogen (secondary N) is 1. The Hall–Kier alpha value is -3.81. The van der Waals surface area contributed by atoms with E-state index in [1.54, 1.807) is 6.07 Å². The second-order valence-corrected chi connectivity index (χ2v) is 7.34. The highest BCUT2D eigenvalue weighted by Gasteiger charge is 2.16. The molecule has 0 aliphatic heterocycles. The lowest BCUT2D eigenvalue weighted by atomic mass is 10.1. The van der Waals surface area contributed by atoms with Gasteiger partial charge in [-0.05, 0) is 67.3 Å². The van der Waals surface area contributed by atoms with Crippen LogP contribution in [0.15, 0.2) is 41.1 Å². The number of amides is 1. The van der Waals surface area contributed by atoms with Crippen LogP contribution in [0.4, 0.5) is 5.82 Å². The van der Waals surface area contributed by atoms with Gasteiger partial charge in [-0.2, -0.15) is 4.98 Å². The third kappa shape index (κ3) is 4.12. The SMILES string of the molecule is Cc1cnc2ccc(Cc3noc(C(=O)NCc4c(C)cc(N)nc4C)n3)cc2c1. The van der Waals surface area contributed by atoms with Crippen molar-refractivity contribution in [2.24, 2.45) is 0 Å². The van der Waals surface area contributed by atoms with E-state index in [1.807, 2.05) is 45.2 Å². The van der Waals surface area contributed by atoms with Crippen molar-refractivity contribution in [2.45, 2.75) is 33.7 Å². The molecule has 0 fully saturated rings. The van der Waals surface area contributed by atoms with Crippen molar-refractivity contribution < 1.29 is 9.32 Å². The van der Waals surface area contributed by atoms with E-state index in [4.69, 9.17) is 10.3 Å². The van der Waals surface area contributed by atoms with Gasteiger partial charge in [0.25, 0.3) is 0 Å². The molecule has 152 valence electrons. The number of aromatic nitrogens is 4. The molecule has 0 aliphatic rings. The van der Waals surface area contributed by atoms with E-state index in [9.17, 15) is 4.79 Å². The Morgan fingerprint density at radius 1 is 1.13 bits per heavy atom. The van der Waals surface area contributed by atoms with Gasteiger partial charge in [0.2, 0.25) is 0 Å². The molecule has 3 heterocycles. The molecule has 0 saturated heterocycles. The Morgan fingerprint density at radius 2 is 1.97 bits per heavy atom. The Bertz CT molecular complexity index is 1220. The third-order valence-electron chi connectivity index (χ3n) is 4.91. The first-order chi connectivity index (χ1) is 14.4. The van der Waals surface area contributed by atoms with Crippen molar-refractivity contribution >= 4 is 22.6 Å². The monoisotopic (exact) mass is 402 g/mol. The number of benzene rings is 1. The van der Waals surface area contributed by atoms with Gasteiger partial charge in [-0.1, -0.05) is 11.2 Å². The number of pyridine rings is 2. The molecular formula is C22H22N6O2. The Labute approximate surface area is 173 Å². The molecule has 3 aromatic heterocycles. The lowest BCUT2D eigenvalue weighted by Crippen LogP contribution is -2.24. The number of nitrogens with zero attached hydrogens (tertiary/aromatic N) is 4. The highest BCUT2D eigenvalue weighted by molar-refractivity contribution is 5.89. The van der Waals surface area contributed by atoms with Crippen molar-refractivity contribution in [1.82, 2.24) is 25.4 Å². The van der Waals surface area contributed by atoms with Crippen molar-refractivity contribution in [3.8, 4) is 0 Å². The summed E-state index contributed by atoms with van der Waals surface area (Å²) in [5, 5.41) is 7.79. The molecule has 3 N–H and O–H groups in total. The van der Waals surface area contributed by atoms with Crippen LogP contribution in [0.1, 0.15) is 44.5 Å². The molecule has 8 heteroatoms. The van der Waals surface area contributed by atoms with E-state index in [-0.39, 0.29) is 5.89 Å². The van der Waals surface area contributed by atoms with Crippen LogP contribution < -0.4 is 11.1 Å². The third-order valence-corrected chi connectivity index (χ3v) is 4.91. The quantitative estimate of drug-likeness (QED) is 0.526. The van der Waals surface area contributed by atoms with Crippen LogP contribution in [0.2, 0.25) is 0 Å². The minimum atomic E-state index is -0.428. The predicted octanol–water partition coefficient (Wildman–Crippen LogP) is 3.04. The lowest BCUT2D eigenvalue weighted by Gasteiger charge is -2.10. The molecule has 4 rings (SSSR count). The van der Waals surface area contributed by atoms with Crippen LogP contribution >= 0.6 is 0 Å². The van der Waals surface area contributed by atoms with Crippen molar-refractivity contribution in [2.75, 3.05) is 5.73 Å². The number of carbonyl (C=O) groups excluding carboxylic acids is 1. The molecule has 0 bridgehead atoms. The van der Waals surface area contributed by atoms with Gasteiger partial charge in [-0.25, -0.2) is 4.98 Å². The number of nitrogens with two attached hydrogens (primary N) is 1. The zero-order valence-corrected chi connectivity index (χ0v) is 17.1. The maximum absolute atomic E-state index is 12.4. The standard InChI is InChI=1S/C22H22N6O2/c1-12-6-16-8-15(4-5-18(16)24-10-12)9-20-27-22(30-28-20)21(29)25-11-17-13(2)7-19(23)26-14(17)3/h4-8,10H,9,11H2,1-3H3,(H2,23,26)(H,25,29). The number of fused-ring (bicyclic) bond motifs is 1. The lowest BCUT2D eigenvalue weighted by molar-refractivity contribution is 0.0907. The van der Waals surface area contributed by atoms with E-state index < -0.39 is 5.91 Å². The van der Waals surface area contributed by atoms with E-state index in [2.05, 4.69) is 31.5 Å². The van der Waals surface area contributed by atoms with Gasteiger partial charge in [0.15, 0.2) is 5.82 Å². The number of rotatable bonds is 5. The van der Waals surface area contributed by atoms with E-state index in [0.717, 1.165) is 38.9 Å². The van der Waals surface area contributed by atoms with E-state index in [0.29, 0.717) is 24.6 Å². The number of anilines is 1. The predicted molar refractivity (Wildman–Crippen MR) is 113 cm³/mol. The van der Waals surface area contributed by atoms with Gasteiger partial charge in [-0.3, -0.25) is 9.78 Å². The van der Waals surface area contributed by atoms with Crippen LogP contribution in [0, 0.1) is 20.8 Å². The van der Waals surface area contributed by atoms with Crippen LogP contribution in [0.25, 0.3) is 10.9 Å². The fourth-order valence-corrected chi connectivity index (χ4v) is 3.40. The molecule has 1 aromatic carbocycles. The minimum Gasteiger partial charge on any atom is -0.384 e. The van der Waals surface area contributed by atoms with Gasteiger partial charge in [0.1, 0.15) is 5.82 Å². The maximum Gasteiger partial charge on any atom is 0.315 e. The fourth-order valence-electron chi connectivity index (χ4n) is 3.40. The Balaban J connectivity index is 1.44. The molecule has 1 amide bonds. The first-order valence-corrected chi connectivity index (χ1v) is 9.57. The summed E-state index contributed by atoms with van der Waals surface area (Å²) in [6.07, 6.45) is 2.30. The van der Waals surface area contributed by atoms with E-state index >= 15 is 0 Å². The zero-order valence-electron chi connectivity index (χ0n) is 17.1. The van der Waals surface area contributed by atoms with E-state index in [1.165, 1.54) is 0 Å². The number of hydrogen-bond acceptors (Lipinski definition) is 7. The second-order valence-electron chi connectivity index (χ2n) is 7.34. The molecule has 0 unspecified atom stereocenters. The number of hydrogen-bond donors (Lipinski definition) is 2. The van der Waals surface area contributed by atoms with Crippen LogP contribution in [-0.2, 0) is 13.0 Å². The summed E-state index contributed by atoms with van der Waals surface area (Å²) in [4.78, 5) is 25.3. The van der Waals surface area contributed by atoms with Crippen LogP contribution in [-0.4, -0.2) is 26.0 Å². The molecule has 0 spiro atoms. The first-order valence-electron chi connectivity index (χ1n) is 9.57. The minimum absolute atomic E-state index is 0.0676. The highest BCUT2D eigenvalue weighted by atomic mass is 16.5. The zero-order chi connectivity index (χ0) is 21.3. The molecule has 4 aromatic rings. The first kappa shape index (κ1) is 19.5. The highest BCUT2D eigenvalue weighted by Crippen LogP contribution is 2.17. The molecular weight excluding hydrogens is 380 g/mol. The molecule has 0 radical (unpaired) electrons. The summed E-state index contributed by atoms with van der Waals surface area (Å²) in [6.45, 7) is 6.10. The second kappa shape index (κ2) is 7.90. The Morgan fingerprint density at radius 3 is 2.77 bits per heavy atom. The van der Waals surface area contributed by atoms with Gasteiger partial charge >= 0.3 is 11.8 Å². The van der Waals surface area contributed by atoms with Crippen molar-refractivity contribution in [1.29, 1.82) is 0 Å². The van der Waals surface area contributed by atoms with Gasteiger partial charge in [0.05, 0.1) is 5.52 Å². The number of carbonyl (C=O) groups is 1. The van der Waals surface area contributed by atoms with Gasteiger partial charge < -0.3 is 15.6 Å². The number of aryl methyl sites for hydroxylation is 3. The van der Waals surface area contributed by atoms with Gasteiger partial charge in [-0.15, -0.1) is 0 Å². The fraction of sp³-hybridized carbons (Fsp3) is 0.227. The summed E-state index contributed by atoms with van der Waals surface area (Å²) in [6, 6.07) is 9.84. The maximum atomic E-state index is 12.4. The van der Waals surface area contributed by atoms with Crippen molar-refractivity contribution in [3.63, 3.8) is 0 Å². The Kier molecular flexibility index (Phi) is 5.14.